The fraction of sp³-hybridized carbons (Fsp3) is 0.444. The van der Waals surface area contributed by atoms with Gasteiger partial charge in [-0.25, -0.2) is 0 Å². The van der Waals surface area contributed by atoms with Crippen molar-refractivity contribution in [3.63, 3.8) is 0 Å². The van der Waals surface area contributed by atoms with E-state index in [4.69, 9.17) is 0 Å². The summed E-state index contributed by atoms with van der Waals surface area (Å²) >= 11 is 1.56. The molecule has 2 fully saturated rings. The van der Waals surface area contributed by atoms with Crippen LogP contribution in [0.2, 0.25) is 0 Å². The highest BCUT2D eigenvalue weighted by atomic mass is 32.1. The third-order valence-electron chi connectivity index (χ3n) is 5.18. The van der Waals surface area contributed by atoms with Crippen molar-refractivity contribution in [2.24, 2.45) is 0 Å². The first-order chi connectivity index (χ1) is 11.5. The molecule has 0 unspecified atom stereocenters. The van der Waals surface area contributed by atoms with E-state index in [1.165, 1.54) is 6.42 Å². The maximum Gasteiger partial charge on any atom is 0.251 e. The number of amides is 2. The van der Waals surface area contributed by atoms with Gasteiger partial charge >= 0.3 is 0 Å². The number of nitrogens with zero attached hydrogens (tertiary/aromatic N) is 1. The molecule has 0 spiro atoms. The molecule has 2 aliphatic rings. The van der Waals surface area contributed by atoms with Gasteiger partial charge in [0.05, 0.1) is 5.00 Å². The van der Waals surface area contributed by atoms with Gasteiger partial charge in [0.2, 0.25) is 5.91 Å². The molecule has 2 amide bonds. The SMILES string of the molecule is CC(=O)N(C)c1cc2cc(C(=O)N[C@@H]3C[C@H]4CC[C@@H]3N4)ccc2s1. The van der Waals surface area contributed by atoms with Crippen molar-refractivity contribution in [3.8, 4) is 0 Å². The zero-order valence-electron chi connectivity index (χ0n) is 13.8. The van der Waals surface area contributed by atoms with E-state index in [2.05, 4.69) is 10.6 Å². The van der Waals surface area contributed by atoms with Crippen LogP contribution in [-0.4, -0.2) is 37.0 Å². The molecule has 24 heavy (non-hydrogen) atoms. The first-order valence-electron chi connectivity index (χ1n) is 8.36. The van der Waals surface area contributed by atoms with E-state index in [-0.39, 0.29) is 17.9 Å². The lowest BCUT2D eigenvalue weighted by Crippen LogP contribution is -2.42. The number of thiophene rings is 1. The summed E-state index contributed by atoms with van der Waals surface area (Å²) in [4.78, 5) is 25.7. The maximum absolute atomic E-state index is 12.6. The molecule has 1 aromatic heterocycles. The quantitative estimate of drug-likeness (QED) is 0.900. The highest BCUT2D eigenvalue weighted by Crippen LogP contribution is 2.33. The molecule has 2 aromatic rings. The van der Waals surface area contributed by atoms with Gasteiger partial charge in [-0.1, -0.05) is 0 Å². The zero-order valence-corrected chi connectivity index (χ0v) is 14.7. The molecule has 4 rings (SSSR count). The molecule has 2 aliphatic heterocycles. The minimum atomic E-state index is -0.0103. The van der Waals surface area contributed by atoms with Crippen LogP contribution >= 0.6 is 11.3 Å². The summed E-state index contributed by atoms with van der Waals surface area (Å²) in [5.41, 5.74) is 0.681. The van der Waals surface area contributed by atoms with Crippen molar-refractivity contribution in [1.29, 1.82) is 0 Å². The van der Waals surface area contributed by atoms with Crippen LogP contribution in [0.15, 0.2) is 24.3 Å². The lowest BCUT2D eigenvalue weighted by Gasteiger charge is -2.21. The average Bonchev–Trinajstić information content (AvgIpc) is 3.27. The number of anilines is 1. The van der Waals surface area contributed by atoms with Crippen LogP contribution < -0.4 is 15.5 Å². The van der Waals surface area contributed by atoms with Gasteiger partial charge in [-0.05, 0) is 48.9 Å². The number of fused-ring (bicyclic) bond motifs is 3. The number of carbonyl (C=O) groups excluding carboxylic acids is 2. The van der Waals surface area contributed by atoms with Gasteiger partial charge in [-0.2, -0.15) is 0 Å². The topological polar surface area (TPSA) is 61.4 Å². The van der Waals surface area contributed by atoms with Crippen LogP contribution in [-0.2, 0) is 4.79 Å². The van der Waals surface area contributed by atoms with Crippen LogP contribution in [0.3, 0.4) is 0 Å². The van der Waals surface area contributed by atoms with E-state index in [0.29, 0.717) is 17.6 Å². The Labute approximate surface area is 145 Å². The van der Waals surface area contributed by atoms with E-state index >= 15 is 0 Å². The van der Waals surface area contributed by atoms with Gasteiger partial charge in [-0.3, -0.25) is 9.59 Å². The summed E-state index contributed by atoms with van der Waals surface area (Å²) in [6.07, 6.45) is 3.41. The highest BCUT2D eigenvalue weighted by Gasteiger charge is 2.39. The first-order valence-corrected chi connectivity index (χ1v) is 9.18. The van der Waals surface area contributed by atoms with Crippen LogP contribution in [0.1, 0.15) is 36.5 Å². The molecule has 126 valence electrons. The second kappa shape index (κ2) is 5.86. The normalized spacial score (nSPS) is 25.2. The van der Waals surface area contributed by atoms with E-state index < -0.39 is 0 Å². The van der Waals surface area contributed by atoms with Crippen molar-refractivity contribution < 1.29 is 9.59 Å². The molecule has 3 atom stereocenters. The molecular formula is C18H21N3O2S. The van der Waals surface area contributed by atoms with E-state index in [0.717, 1.165) is 27.9 Å². The molecule has 5 nitrogen and oxygen atoms in total. The monoisotopic (exact) mass is 343 g/mol. The van der Waals surface area contributed by atoms with Crippen LogP contribution in [0.5, 0.6) is 0 Å². The Kier molecular flexibility index (Phi) is 3.81. The number of carbonyl (C=O) groups is 2. The van der Waals surface area contributed by atoms with Crippen LogP contribution in [0, 0.1) is 0 Å². The maximum atomic E-state index is 12.6. The molecule has 6 heteroatoms. The van der Waals surface area contributed by atoms with E-state index in [9.17, 15) is 9.59 Å². The lowest BCUT2D eigenvalue weighted by molar-refractivity contribution is -0.116. The van der Waals surface area contributed by atoms with Crippen molar-refractivity contribution in [3.05, 3.63) is 29.8 Å². The molecule has 0 saturated carbocycles. The predicted molar refractivity (Wildman–Crippen MR) is 96.7 cm³/mol. The minimum absolute atomic E-state index is 0.00306. The summed E-state index contributed by atoms with van der Waals surface area (Å²) in [6.45, 7) is 1.55. The second-order valence-electron chi connectivity index (χ2n) is 6.78. The molecular weight excluding hydrogens is 322 g/mol. The first kappa shape index (κ1) is 15.6. The third-order valence-corrected chi connectivity index (χ3v) is 6.38. The van der Waals surface area contributed by atoms with Gasteiger partial charge in [-0.15, -0.1) is 11.3 Å². The van der Waals surface area contributed by atoms with Gasteiger partial charge < -0.3 is 15.5 Å². The van der Waals surface area contributed by atoms with Crippen molar-refractivity contribution >= 4 is 38.2 Å². The summed E-state index contributed by atoms with van der Waals surface area (Å²) in [7, 11) is 1.77. The lowest BCUT2D eigenvalue weighted by atomic mass is 9.95. The Morgan fingerprint density at radius 1 is 1.29 bits per heavy atom. The molecule has 2 N–H and O–H groups in total. The van der Waals surface area contributed by atoms with Gasteiger partial charge in [0.25, 0.3) is 5.91 Å². The smallest absolute Gasteiger partial charge is 0.251 e. The molecule has 0 aliphatic carbocycles. The second-order valence-corrected chi connectivity index (χ2v) is 7.84. The van der Waals surface area contributed by atoms with Crippen molar-refractivity contribution in [2.75, 3.05) is 11.9 Å². The van der Waals surface area contributed by atoms with Crippen LogP contribution in [0.4, 0.5) is 5.00 Å². The minimum Gasteiger partial charge on any atom is -0.348 e. The number of benzene rings is 1. The Morgan fingerprint density at radius 2 is 2.12 bits per heavy atom. The number of hydrogen-bond donors (Lipinski definition) is 2. The highest BCUT2D eigenvalue weighted by molar-refractivity contribution is 7.23. The standard InChI is InChI=1S/C18H21N3O2S/c1-10(22)21(2)17-8-12-7-11(3-6-16(12)24-17)18(23)20-15-9-13-4-5-14(15)19-13/h3,6-8,13-15,19H,4-5,9H2,1-2H3,(H,20,23)/t13-,14+,15-/m1/s1. The predicted octanol–water partition coefficient (Wildman–Crippen LogP) is 2.51. The summed E-state index contributed by atoms with van der Waals surface area (Å²) in [5, 5.41) is 8.61. The summed E-state index contributed by atoms with van der Waals surface area (Å²) in [6, 6.07) is 8.96. The number of hydrogen-bond acceptors (Lipinski definition) is 4. The zero-order chi connectivity index (χ0) is 16.8. The molecule has 3 heterocycles. The van der Waals surface area contributed by atoms with Gasteiger partial charge in [0.1, 0.15) is 0 Å². The van der Waals surface area contributed by atoms with Gasteiger partial charge in [0, 0.05) is 42.4 Å². The van der Waals surface area contributed by atoms with Crippen molar-refractivity contribution in [2.45, 2.75) is 44.3 Å². The number of rotatable bonds is 3. The largest absolute Gasteiger partial charge is 0.348 e. The fourth-order valence-electron chi connectivity index (χ4n) is 3.73. The fourth-order valence-corrected chi connectivity index (χ4v) is 4.77. The Hall–Kier alpha value is -1.92. The average molecular weight is 343 g/mol. The van der Waals surface area contributed by atoms with E-state index in [1.807, 2.05) is 24.3 Å². The van der Waals surface area contributed by atoms with E-state index in [1.54, 1.807) is 30.2 Å². The Balaban J connectivity index is 1.53. The van der Waals surface area contributed by atoms with Gasteiger partial charge in [0.15, 0.2) is 0 Å². The third kappa shape index (κ3) is 2.70. The summed E-state index contributed by atoms with van der Waals surface area (Å²) in [5.74, 6) is -0.00719. The Bertz CT molecular complexity index is 816. The van der Waals surface area contributed by atoms with Crippen LogP contribution in [0.25, 0.3) is 10.1 Å². The molecule has 1 aromatic carbocycles. The molecule has 0 radical (unpaired) electrons. The van der Waals surface area contributed by atoms with Crippen molar-refractivity contribution in [1.82, 2.24) is 10.6 Å². The molecule has 2 saturated heterocycles. The Morgan fingerprint density at radius 3 is 2.79 bits per heavy atom. The molecule has 2 bridgehead atoms. The summed E-state index contributed by atoms with van der Waals surface area (Å²) < 4.78 is 1.08. The number of nitrogens with one attached hydrogen (secondary N) is 2.